The molecule has 16 heavy (non-hydrogen) atoms. The Bertz CT molecular complexity index is 382. The molecule has 1 fully saturated rings. The van der Waals surface area contributed by atoms with Gasteiger partial charge in [0.25, 0.3) is 5.91 Å². The van der Waals surface area contributed by atoms with Crippen molar-refractivity contribution in [1.82, 2.24) is 14.5 Å². The number of aromatic nitrogens is 2. The van der Waals surface area contributed by atoms with Gasteiger partial charge in [-0.1, -0.05) is 20.4 Å². The first kappa shape index (κ1) is 12.0. The van der Waals surface area contributed by atoms with Crippen LogP contribution in [-0.2, 0) is 0 Å². The first-order valence-electron chi connectivity index (χ1n) is 5.36. The molecule has 1 aliphatic rings. The molecule has 4 nitrogen and oxygen atoms in total. The van der Waals surface area contributed by atoms with Crippen LogP contribution in [0.5, 0.6) is 0 Å². The van der Waals surface area contributed by atoms with E-state index in [1.807, 2.05) is 11.8 Å². The van der Waals surface area contributed by atoms with Gasteiger partial charge in [0.1, 0.15) is 4.88 Å². The molecule has 1 aliphatic heterocycles. The smallest absolute Gasteiger partial charge is 0.267 e. The number of rotatable bonds is 3. The van der Waals surface area contributed by atoms with Crippen LogP contribution in [0.2, 0.25) is 0 Å². The van der Waals surface area contributed by atoms with E-state index in [0.717, 1.165) is 37.0 Å². The highest BCUT2D eigenvalue weighted by atomic mass is 79.9. The molecule has 1 saturated heterocycles. The molecule has 6 heteroatoms. The quantitative estimate of drug-likeness (QED) is 0.803. The van der Waals surface area contributed by atoms with Gasteiger partial charge in [-0.05, 0) is 37.2 Å². The zero-order valence-corrected chi connectivity index (χ0v) is 11.6. The van der Waals surface area contributed by atoms with Gasteiger partial charge in [-0.25, -0.2) is 0 Å². The van der Waals surface area contributed by atoms with Crippen LogP contribution in [0.4, 0.5) is 0 Å². The van der Waals surface area contributed by atoms with Gasteiger partial charge >= 0.3 is 0 Å². The Morgan fingerprint density at radius 3 is 3.12 bits per heavy atom. The zero-order valence-electron chi connectivity index (χ0n) is 9.15. The molecule has 0 N–H and O–H groups in total. The largest absolute Gasteiger partial charge is 0.338 e. The Kier molecular flexibility index (Phi) is 3.91. The summed E-state index contributed by atoms with van der Waals surface area (Å²) in [5, 5.41) is 4.89. The van der Waals surface area contributed by atoms with Crippen LogP contribution in [-0.4, -0.2) is 38.8 Å². The van der Waals surface area contributed by atoms with Gasteiger partial charge in [-0.3, -0.25) is 4.79 Å². The Balaban J connectivity index is 2.00. The number of alkyl halides is 1. The fourth-order valence-corrected chi connectivity index (χ4v) is 3.25. The van der Waals surface area contributed by atoms with Crippen molar-refractivity contribution >= 4 is 33.4 Å². The number of amides is 1. The van der Waals surface area contributed by atoms with E-state index in [2.05, 4.69) is 25.5 Å². The maximum atomic E-state index is 12.1. The molecule has 0 aromatic carbocycles. The minimum atomic E-state index is 0.101. The molecule has 1 aromatic heterocycles. The second-order valence-corrected chi connectivity index (χ2v) is 5.62. The van der Waals surface area contributed by atoms with Gasteiger partial charge in [-0.2, -0.15) is 0 Å². The van der Waals surface area contributed by atoms with Gasteiger partial charge < -0.3 is 4.90 Å². The number of nitrogens with zero attached hydrogens (tertiary/aromatic N) is 3. The highest BCUT2D eigenvalue weighted by molar-refractivity contribution is 9.09. The number of aryl methyl sites for hydroxylation is 1. The summed E-state index contributed by atoms with van der Waals surface area (Å²) in [6.07, 6.45) is 2.26. The average Bonchev–Trinajstić information content (AvgIpc) is 2.87. The molecule has 0 saturated carbocycles. The summed E-state index contributed by atoms with van der Waals surface area (Å²) in [5.74, 6) is 0.745. The predicted molar refractivity (Wildman–Crippen MR) is 67.1 cm³/mol. The molecule has 2 heterocycles. The van der Waals surface area contributed by atoms with Crippen LogP contribution < -0.4 is 0 Å². The van der Waals surface area contributed by atoms with E-state index in [9.17, 15) is 4.79 Å². The third-order valence-corrected chi connectivity index (χ3v) is 4.21. The second kappa shape index (κ2) is 5.23. The highest BCUT2D eigenvalue weighted by Gasteiger charge is 2.28. The summed E-state index contributed by atoms with van der Waals surface area (Å²) in [6.45, 7) is 3.58. The molecule has 1 amide bonds. The predicted octanol–water partition coefficient (Wildman–Crippen LogP) is 2.09. The molecular weight excluding hydrogens is 290 g/mol. The Morgan fingerprint density at radius 1 is 1.69 bits per heavy atom. The molecule has 0 aliphatic carbocycles. The summed E-state index contributed by atoms with van der Waals surface area (Å²) in [7, 11) is 0. The maximum absolute atomic E-state index is 12.1. The standard InChI is InChI=1S/C10H14BrN3OS/c1-7-9(16-13-12-7)10(15)14-5-3-8(6-14)2-4-11/h8H,2-6H2,1H3. The van der Waals surface area contributed by atoms with Crippen LogP contribution in [0.1, 0.15) is 28.2 Å². The van der Waals surface area contributed by atoms with E-state index in [1.54, 1.807) is 0 Å². The van der Waals surface area contributed by atoms with E-state index in [0.29, 0.717) is 10.8 Å². The molecule has 1 unspecified atom stereocenters. The van der Waals surface area contributed by atoms with Crippen molar-refractivity contribution in [3.8, 4) is 0 Å². The van der Waals surface area contributed by atoms with Crippen LogP contribution in [0.25, 0.3) is 0 Å². The van der Waals surface area contributed by atoms with Gasteiger partial charge in [0, 0.05) is 18.4 Å². The van der Waals surface area contributed by atoms with E-state index < -0.39 is 0 Å². The van der Waals surface area contributed by atoms with Crippen molar-refractivity contribution in [2.45, 2.75) is 19.8 Å². The van der Waals surface area contributed by atoms with Crippen molar-refractivity contribution in [2.75, 3.05) is 18.4 Å². The van der Waals surface area contributed by atoms with E-state index in [-0.39, 0.29) is 5.91 Å². The normalized spacial score (nSPS) is 20.4. The number of likely N-dealkylation sites (tertiary alicyclic amines) is 1. The lowest BCUT2D eigenvalue weighted by Gasteiger charge is -2.15. The van der Waals surface area contributed by atoms with Gasteiger partial charge in [-0.15, -0.1) is 5.10 Å². The number of hydrogen-bond donors (Lipinski definition) is 0. The van der Waals surface area contributed by atoms with Gasteiger partial charge in [0.2, 0.25) is 0 Å². The molecule has 2 rings (SSSR count). The first-order chi connectivity index (χ1) is 7.72. The molecule has 0 radical (unpaired) electrons. The monoisotopic (exact) mass is 303 g/mol. The lowest BCUT2D eigenvalue weighted by Crippen LogP contribution is -2.28. The Labute approximate surface area is 107 Å². The van der Waals surface area contributed by atoms with Crippen molar-refractivity contribution in [3.05, 3.63) is 10.6 Å². The molecule has 88 valence electrons. The average molecular weight is 304 g/mol. The number of carbonyl (C=O) groups is 1. The molecular formula is C10H14BrN3OS. The van der Waals surface area contributed by atoms with Crippen LogP contribution >= 0.6 is 27.5 Å². The topological polar surface area (TPSA) is 46.1 Å². The summed E-state index contributed by atoms with van der Waals surface area (Å²) >= 11 is 4.64. The summed E-state index contributed by atoms with van der Waals surface area (Å²) in [6, 6.07) is 0. The molecule has 0 bridgehead atoms. The maximum Gasteiger partial charge on any atom is 0.267 e. The first-order valence-corrected chi connectivity index (χ1v) is 7.26. The minimum Gasteiger partial charge on any atom is -0.338 e. The molecule has 0 spiro atoms. The zero-order chi connectivity index (χ0) is 11.5. The second-order valence-electron chi connectivity index (χ2n) is 4.07. The van der Waals surface area contributed by atoms with Crippen molar-refractivity contribution in [3.63, 3.8) is 0 Å². The summed E-state index contributed by atoms with van der Waals surface area (Å²) in [5.41, 5.74) is 0.749. The Morgan fingerprint density at radius 2 is 2.50 bits per heavy atom. The fraction of sp³-hybridized carbons (Fsp3) is 0.700. The number of hydrogen-bond acceptors (Lipinski definition) is 4. The number of halogens is 1. The van der Waals surface area contributed by atoms with Crippen LogP contribution in [0, 0.1) is 12.8 Å². The third kappa shape index (κ3) is 2.43. The lowest BCUT2D eigenvalue weighted by atomic mass is 10.1. The Hall–Kier alpha value is -0.490. The van der Waals surface area contributed by atoms with Crippen LogP contribution in [0.15, 0.2) is 0 Å². The van der Waals surface area contributed by atoms with Crippen molar-refractivity contribution < 1.29 is 4.79 Å². The molecule has 1 atom stereocenters. The number of carbonyl (C=O) groups excluding carboxylic acids is 1. The SMILES string of the molecule is Cc1nnsc1C(=O)N1CCC(CCBr)C1. The lowest BCUT2D eigenvalue weighted by molar-refractivity contribution is 0.0791. The van der Waals surface area contributed by atoms with E-state index >= 15 is 0 Å². The van der Waals surface area contributed by atoms with Crippen molar-refractivity contribution in [2.24, 2.45) is 5.92 Å². The van der Waals surface area contributed by atoms with E-state index in [4.69, 9.17) is 0 Å². The van der Waals surface area contributed by atoms with Gasteiger partial charge in [0.05, 0.1) is 5.69 Å². The summed E-state index contributed by atoms with van der Waals surface area (Å²) < 4.78 is 3.81. The summed E-state index contributed by atoms with van der Waals surface area (Å²) in [4.78, 5) is 14.7. The van der Waals surface area contributed by atoms with Crippen LogP contribution in [0.3, 0.4) is 0 Å². The van der Waals surface area contributed by atoms with Crippen molar-refractivity contribution in [1.29, 1.82) is 0 Å². The third-order valence-electron chi connectivity index (χ3n) is 2.94. The fourth-order valence-electron chi connectivity index (χ4n) is 1.98. The highest BCUT2D eigenvalue weighted by Crippen LogP contribution is 2.23. The minimum absolute atomic E-state index is 0.101. The van der Waals surface area contributed by atoms with E-state index in [1.165, 1.54) is 11.5 Å². The molecule has 1 aromatic rings. The van der Waals surface area contributed by atoms with Gasteiger partial charge in [0.15, 0.2) is 0 Å².